The molecule has 2 aliphatic rings. The van der Waals surface area contributed by atoms with Gasteiger partial charge in [-0.25, -0.2) is 0 Å². The van der Waals surface area contributed by atoms with Crippen molar-refractivity contribution in [1.29, 1.82) is 0 Å². The van der Waals surface area contributed by atoms with Gasteiger partial charge < -0.3 is 55.4 Å². The molecular weight excluding hydrogens is 536 g/mol. The summed E-state index contributed by atoms with van der Waals surface area (Å²) < 4.78 is 12.6. The van der Waals surface area contributed by atoms with Gasteiger partial charge in [0.1, 0.15) is 29.1 Å². The second kappa shape index (κ2) is 9.49. The van der Waals surface area contributed by atoms with Crippen LogP contribution >= 0.6 is 0 Å². The van der Waals surface area contributed by atoms with Crippen LogP contribution in [0.25, 0.3) is 0 Å². The number of ether oxygens (including phenoxy) is 2. The topological polar surface area (TPSA) is 201 Å². The Morgan fingerprint density at radius 3 is 1.85 bits per heavy atom. The third kappa shape index (κ3) is 4.36. The summed E-state index contributed by atoms with van der Waals surface area (Å²) in [5, 5.41) is 92.6. The Balaban J connectivity index is 1.48. The highest BCUT2D eigenvalue weighted by Crippen LogP contribution is 2.56. The molecule has 0 saturated carbocycles. The molecule has 4 atom stereocenters. The fraction of sp³-hybridized carbons (Fsp3) is 0.200. The number of aromatic hydroxyl groups is 8. The number of rotatable bonds is 4. The predicted octanol–water partition coefficient (Wildman–Crippen LogP) is 3.50. The predicted molar refractivity (Wildman–Crippen MR) is 142 cm³/mol. The van der Waals surface area contributed by atoms with Crippen molar-refractivity contribution in [3.05, 3.63) is 82.4 Å². The van der Waals surface area contributed by atoms with Crippen LogP contribution in [-0.4, -0.2) is 58.2 Å². The summed E-state index contributed by atoms with van der Waals surface area (Å²) in [7, 11) is 0. The zero-order chi connectivity index (χ0) is 29.2. The first-order chi connectivity index (χ1) is 19.5. The van der Waals surface area contributed by atoms with E-state index in [1.165, 1.54) is 42.5 Å². The Morgan fingerprint density at radius 1 is 0.610 bits per heavy atom. The lowest BCUT2D eigenvalue weighted by Gasteiger charge is -2.32. The molecule has 41 heavy (non-hydrogen) atoms. The minimum atomic E-state index is -1.07. The van der Waals surface area contributed by atoms with E-state index in [0.29, 0.717) is 16.7 Å². The van der Waals surface area contributed by atoms with Gasteiger partial charge in [-0.2, -0.15) is 0 Å². The minimum absolute atomic E-state index is 0.0563. The van der Waals surface area contributed by atoms with Crippen LogP contribution in [0.1, 0.15) is 39.8 Å². The Kier molecular flexibility index (Phi) is 6.04. The number of fused-ring (bicyclic) bond motifs is 3. The summed E-state index contributed by atoms with van der Waals surface area (Å²) in [5.74, 6) is -3.22. The number of aliphatic hydroxyl groups excluding tert-OH is 1. The smallest absolute Gasteiger partial charge is 0.169 e. The van der Waals surface area contributed by atoms with Gasteiger partial charge in [0.25, 0.3) is 0 Å². The van der Waals surface area contributed by atoms with E-state index in [9.17, 15) is 46.0 Å². The lowest BCUT2D eigenvalue weighted by atomic mass is 9.83. The van der Waals surface area contributed by atoms with Gasteiger partial charge in [-0.1, -0.05) is 12.1 Å². The highest BCUT2D eigenvalue weighted by Gasteiger charge is 2.44. The molecule has 11 nitrogen and oxygen atoms in total. The summed E-state index contributed by atoms with van der Waals surface area (Å²) in [6.45, 7) is 0. The first-order valence-electron chi connectivity index (χ1n) is 12.7. The maximum Gasteiger partial charge on any atom is 0.169 e. The van der Waals surface area contributed by atoms with Crippen LogP contribution in [0.3, 0.4) is 0 Å². The van der Waals surface area contributed by atoms with Crippen LogP contribution in [0.15, 0.2) is 54.6 Å². The van der Waals surface area contributed by atoms with Gasteiger partial charge in [0.05, 0.1) is 17.6 Å². The van der Waals surface area contributed by atoms with Gasteiger partial charge in [0.2, 0.25) is 0 Å². The molecule has 0 aliphatic carbocycles. The van der Waals surface area contributed by atoms with Crippen molar-refractivity contribution in [3.8, 4) is 57.5 Å². The molecule has 4 aromatic carbocycles. The van der Waals surface area contributed by atoms with Crippen LogP contribution in [0.4, 0.5) is 0 Å². The van der Waals surface area contributed by atoms with E-state index in [1.807, 2.05) is 0 Å². The Hall–Kier alpha value is -5.16. The average Bonchev–Trinajstić information content (AvgIpc) is 3.29. The maximum atomic E-state index is 11.2. The van der Waals surface area contributed by atoms with Crippen LogP contribution in [0, 0.1) is 0 Å². The van der Waals surface area contributed by atoms with Gasteiger partial charge in [0.15, 0.2) is 40.6 Å². The molecule has 0 bridgehead atoms. The number of hydrogen-bond acceptors (Lipinski definition) is 11. The van der Waals surface area contributed by atoms with Crippen molar-refractivity contribution in [3.63, 3.8) is 0 Å². The monoisotopic (exact) mass is 562 g/mol. The van der Waals surface area contributed by atoms with Gasteiger partial charge in [-0.05, 0) is 41.5 Å². The quantitative estimate of drug-likeness (QED) is 0.165. The molecule has 2 heterocycles. The van der Waals surface area contributed by atoms with E-state index in [4.69, 9.17) is 9.47 Å². The number of aliphatic hydroxyl groups is 1. The summed E-state index contributed by atoms with van der Waals surface area (Å²) in [5.41, 5.74) is 1.61. The number of phenols is 8. The van der Waals surface area contributed by atoms with Crippen molar-refractivity contribution in [2.75, 3.05) is 0 Å². The zero-order valence-electron chi connectivity index (χ0n) is 21.3. The molecular formula is C30H26O11. The zero-order valence-corrected chi connectivity index (χ0v) is 21.3. The third-order valence-electron chi connectivity index (χ3n) is 7.58. The summed E-state index contributed by atoms with van der Waals surface area (Å²) in [6.07, 6.45) is -2.98. The molecule has 0 aromatic heterocycles. The molecule has 212 valence electrons. The molecule has 0 radical (unpaired) electrons. The fourth-order valence-corrected chi connectivity index (χ4v) is 5.65. The molecule has 0 spiro atoms. The molecule has 0 saturated heterocycles. The average molecular weight is 563 g/mol. The van der Waals surface area contributed by atoms with Crippen LogP contribution in [0.2, 0.25) is 0 Å². The largest absolute Gasteiger partial charge is 0.508 e. The Bertz CT molecular complexity index is 1660. The van der Waals surface area contributed by atoms with E-state index in [0.717, 1.165) is 12.1 Å². The van der Waals surface area contributed by atoms with Crippen molar-refractivity contribution in [2.24, 2.45) is 0 Å². The summed E-state index contributed by atoms with van der Waals surface area (Å²) >= 11 is 0. The minimum Gasteiger partial charge on any atom is -0.508 e. The standard InChI is InChI=1S/C30H26O11/c31-15-9-19(34)16(20(35)10-15)11-25-26(12-1-3-17(32)21(36)5-12)27-23(38)7-14-8-24(39)28(41-29(14)30(27)40-25)13-2-4-18(33)22(37)6-13/h1-7,9-10,24-26,28,31-39H,8,11H2/t24-,25-,26-,28+/m0/s1. The van der Waals surface area contributed by atoms with Gasteiger partial charge in [-0.15, -0.1) is 0 Å². The lowest BCUT2D eigenvalue weighted by Crippen LogP contribution is -2.30. The van der Waals surface area contributed by atoms with Crippen molar-refractivity contribution in [1.82, 2.24) is 0 Å². The second-order valence-electron chi connectivity index (χ2n) is 10.2. The van der Waals surface area contributed by atoms with Crippen molar-refractivity contribution >= 4 is 0 Å². The molecule has 0 fully saturated rings. The fourth-order valence-electron chi connectivity index (χ4n) is 5.65. The van der Waals surface area contributed by atoms with Crippen molar-refractivity contribution < 1.29 is 55.4 Å². The molecule has 0 amide bonds. The summed E-state index contributed by atoms with van der Waals surface area (Å²) in [4.78, 5) is 0. The number of benzene rings is 4. The molecule has 4 aromatic rings. The van der Waals surface area contributed by atoms with Crippen LogP contribution in [-0.2, 0) is 12.8 Å². The first-order valence-corrected chi connectivity index (χ1v) is 12.7. The van der Waals surface area contributed by atoms with E-state index in [1.54, 1.807) is 0 Å². The van der Waals surface area contributed by atoms with E-state index in [2.05, 4.69) is 0 Å². The van der Waals surface area contributed by atoms with Gasteiger partial charge >= 0.3 is 0 Å². The highest BCUT2D eigenvalue weighted by atomic mass is 16.5. The highest BCUT2D eigenvalue weighted by molar-refractivity contribution is 5.66. The Labute approximate surface area is 232 Å². The summed E-state index contributed by atoms with van der Waals surface area (Å²) in [6, 6.07) is 11.8. The number of hydrogen-bond donors (Lipinski definition) is 9. The number of phenolic OH excluding ortho intramolecular Hbond substituents is 8. The third-order valence-corrected chi connectivity index (χ3v) is 7.58. The Morgan fingerprint density at radius 2 is 1.22 bits per heavy atom. The SMILES string of the molecule is Oc1cc(O)c(C[C@@H]2Oc3c4c(cc(O)c3[C@H]2c2ccc(O)c(O)c2)C[C@H](O)[C@@H](c2ccc(O)c(O)c2)O4)c(O)c1. The lowest BCUT2D eigenvalue weighted by molar-refractivity contribution is 0.0180. The molecule has 0 unspecified atom stereocenters. The van der Waals surface area contributed by atoms with Crippen LogP contribution in [0.5, 0.6) is 57.5 Å². The second-order valence-corrected chi connectivity index (χ2v) is 10.2. The molecule has 9 N–H and O–H groups in total. The van der Waals surface area contributed by atoms with Crippen LogP contribution < -0.4 is 9.47 Å². The molecule has 2 aliphatic heterocycles. The molecule has 11 heteroatoms. The normalized spacial score (nSPS) is 21.0. The van der Waals surface area contributed by atoms with Gasteiger partial charge in [-0.3, -0.25) is 0 Å². The molecule has 6 rings (SSSR count). The van der Waals surface area contributed by atoms with E-state index >= 15 is 0 Å². The van der Waals surface area contributed by atoms with Crippen molar-refractivity contribution in [2.45, 2.75) is 37.1 Å². The first kappa shape index (κ1) is 26.1. The maximum absolute atomic E-state index is 11.2. The van der Waals surface area contributed by atoms with E-state index in [-0.39, 0.29) is 70.0 Å². The van der Waals surface area contributed by atoms with Gasteiger partial charge in [0, 0.05) is 36.1 Å². The van der Waals surface area contributed by atoms with E-state index < -0.39 is 35.7 Å².